The number of fused-ring (bicyclic) bond motifs is 1. The Morgan fingerprint density at radius 3 is 2.62 bits per heavy atom. The van der Waals surface area contributed by atoms with Crippen molar-refractivity contribution in [2.75, 3.05) is 7.11 Å². The zero-order chi connectivity index (χ0) is 20.5. The number of carbonyl (C=O) groups is 1. The lowest BCUT2D eigenvalue weighted by Gasteiger charge is -2.22. The number of rotatable bonds is 4. The standard InChI is InChI=1S/C22H19Cl2N3O2/c1-3-21(28)27-20(12-19(26-27)13-4-7-15(23)8-5-13)17-10-14-6-9-16(29-2)11-18(14)25-22(17)24/h4-11,20H,3,12H2,1-2H3. The van der Waals surface area contributed by atoms with Gasteiger partial charge in [0, 0.05) is 34.9 Å². The maximum Gasteiger partial charge on any atom is 0.242 e. The number of carbonyl (C=O) groups excluding carboxylic acids is 1. The fourth-order valence-electron chi connectivity index (χ4n) is 3.46. The quantitative estimate of drug-likeness (QED) is 0.506. The number of hydrogen-bond acceptors (Lipinski definition) is 4. The highest BCUT2D eigenvalue weighted by atomic mass is 35.5. The maximum absolute atomic E-state index is 12.6. The summed E-state index contributed by atoms with van der Waals surface area (Å²) in [5.41, 5.74) is 3.27. The summed E-state index contributed by atoms with van der Waals surface area (Å²) in [7, 11) is 1.61. The van der Waals surface area contributed by atoms with Crippen molar-refractivity contribution in [1.82, 2.24) is 9.99 Å². The van der Waals surface area contributed by atoms with Gasteiger partial charge in [-0.2, -0.15) is 5.10 Å². The van der Waals surface area contributed by atoms with Crippen molar-refractivity contribution in [3.63, 3.8) is 0 Å². The third-order valence-corrected chi connectivity index (χ3v) is 5.56. The third kappa shape index (κ3) is 3.80. The van der Waals surface area contributed by atoms with Crippen molar-refractivity contribution in [2.45, 2.75) is 25.8 Å². The van der Waals surface area contributed by atoms with Crippen molar-refractivity contribution in [2.24, 2.45) is 5.10 Å². The molecule has 2 aromatic carbocycles. The van der Waals surface area contributed by atoms with Crippen LogP contribution in [-0.4, -0.2) is 28.7 Å². The molecule has 4 rings (SSSR count). The molecule has 5 nitrogen and oxygen atoms in total. The molecule has 3 aromatic rings. The minimum Gasteiger partial charge on any atom is -0.497 e. The van der Waals surface area contributed by atoms with E-state index in [4.69, 9.17) is 27.9 Å². The molecule has 0 saturated heterocycles. The SMILES string of the molecule is CCC(=O)N1N=C(c2ccc(Cl)cc2)CC1c1cc2ccc(OC)cc2nc1Cl. The molecule has 0 fully saturated rings. The van der Waals surface area contributed by atoms with E-state index in [1.807, 2.05) is 55.5 Å². The van der Waals surface area contributed by atoms with E-state index in [-0.39, 0.29) is 11.9 Å². The molecule has 1 unspecified atom stereocenters. The molecule has 1 aliphatic heterocycles. The second-order valence-electron chi connectivity index (χ2n) is 6.79. The van der Waals surface area contributed by atoms with Gasteiger partial charge in [-0.05, 0) is 35.9 Å². The number of aromatic nitrogens is 1. The van der Waals surface area contributed by atoms with Crippen molar-refractivity contribution in [3.05, 3.63) is 69.8 Å². The first kappa shape index (κ1) is 19.7. The average Bonchev–Trinajstić information content (AvgIpc) is 3.17. The Kier molecular flexibility index (Phi) is 5.43. The smallest absolute Gasteiger partial charge is 0.242 e. The molecule has 148 valence electrons. The van der Waals surface area contributed by atoms with Crippen LogP contribution in [-0.2, 0) is 4.79 Å². The molecule has 1 amide bonds. The molecule has 0 aliphatic carbocycles. The summed E-state index contributed by atoms with van der Waals surface area (Å²) >= 11 is 12.6. The number of pyridine rings is 1. The number of ether oxygens (including phenoxy) is 1. The van der Waals surface area contributed by atoms with Crippen LogP contribution in [0.5, 0.6) is 5.75 Å². The van der Waals surface area contributed by atoms with Crippen molar-refractivity contribution >= 4 is 45.7 Å². The van der Waals surface area contributed by atoms with Crippen LogP contribution in [0.25, 0.3) is 10.9 Å². The van der Waals surface area contributed by atoms with Crippen LogP contribution in [0.1, 0.15) is 36.9 Å². The Hall–Kier alpha value is -2.63. The van der Waals surface area contributed by atoms with Gasteiger partial charge >= 0.3 is 0 Å². The molecule has 7 heteroatoms. The highest BCUT2D eigenvalue weighted by Gasteiger charge is 2.34. The van der Waals surface area contributed by atoms with Crippen molar-refractivity contribution < 1.29 is 9.53 Å². The van der Waals surface area contributed by atoms with Gasteiger partial charge in [0.1, 0.15) is 10.9 Å². The minimum atomic E-state index is -0.306. The number of benzene rings is 2. The van der Waals surface area contributed by atoms with Crippen LogP contribution in [0, 0.1) is 0 Å². The van der Waals surface area contributed by atoms with Gasteiger partial charge in [-0.3, -0.25) is 4.79 Å². The molecule has 0 radical (unpaired) electrons. The lowest BCUT2D eigenvalue weighted by Crippen LogP contribution is -2.26. The number of amides is 1. The fourth-order valence-corrected chi connectivity index (χ4v) is 3.86. The van der Waals surface area contributed by atoms with Crippen LogP contribution >= 0.6 is 23.2 Å². The monoisotopic (exact) mass is 427 g/mol. The first-order valence-electron chi connectivity index (χ1n) is 9.29. The summed E-state index contributed by atoms with van der Waals surface area (Å²) in [5, 5.41) is 8.08. The molecule has 0 spiro atoms. The topological polar surface area (TPSA) is 54.8 Å². The molecule has 1 aromatic heterocycles. The molecule has 1 atom stereocenters. The minimum absolute atomic E-state index is 0.0649. The Morgan fingerprint density at radius 1 is 1.17 bits per heavy atom. The Balaban J connectivity index is 1.75. The van der Waals surface area contributed by atoms with Crippen LogP contribution in [0.3, 0.4) is 0 Å². The first-order chi connectivity index (χ1) is 14.0. The van der Waals surface area contributed by atoms with Gasteiger partial charge in [-0.25, -0.2) is 9.99 Å². The van der Waals surface area contributed by atoms with Gasteiger partial charge in [0.25, 0.3) is 0 Å². The summed E-state index contributed by atoms with van der Waals surface area (Å²) in [6.07, 6.45) is 0.903. The van der Waals surface area contributed by atoms with Crippen LogP contribution in [0.15, 0.2) is 53.6 Å². The second kappa shape index (κ2) is 8.01. The molecule has 29 heavy (non-hydrogen) atoms. The van der Waals surface area contributed by atoms with Gasteiger partial charge in [-0.15, -0.1) is 0 Å². The van der Waals surface area contributed by atoms with E-state index >= 15 is 0 Å². The highest BCUT2D eigenvalue weighted by molar-refractivity contribution is 6.31. The lowest BCUT2D eigenvalue weighted by molar-refractivity contribution is -0.132. The van der Waals surface area contributed by atoms with Gasteiger partial charge in [0.15, 0.2) is 0 Å². The number of halogens is 2. The Morgan fingerprint density at radius 2 is 1.93 bits per heavy atom. The number of hydrazone groups is 1. The van der Waals surface area contributed by atoms with Crippen LogP contribution in [0.4, 0.5) is 0 Å². The zero-order valence-corrected chi connectivity index (χ0v) is 17.5. The van der Waals surface area contributed by atoms with E-state index in [0.717, 1.165) is 27.7 Å². The Labute approximate surface area is 178 Å². The summed E-state index contributed by atoms with van der Waals surface area (Å²) < 4.78 is 5.26. The molecule has 0 N–H and O–H groups in total. The third-order valence-electron chi connectivity index (χ3n) is 5.01. The molecule has 0 bridgehead atoms. The molecule has 1 aliphatic rings. The first-order valence-corrected chi connectivity index (χ1v) is 10.1. The molecule has 2 heterocycles. The number of methoxy groups -OCH3 is 1. The largest absolute Gasteiger partial charge is 0.497 e. The van der Waals surface area contributed by atoms with E-state index < -0.39 is 0 Å². The highest BCUT2D eigenvalue weighted by Crippen LogP contribution is 2.38. The van der Waals surface area contributed by atoms with Gasteiger partial charge < -0.3 is 4.74 Å². The van der Waals surface area contributed by atoms with Gasteiger partial charge in [0.05, 0.1) is 24.4 Å². The summed E-state index contributed by atoms with van der Waals surface area (Å²) in [6, 6.07) is 14.8. The second-order valence-corrected chi connectivity index (χ2v) is 7.59. The Bertz CT molecular complexity index is 1110. The van der Waals surface area contributed by atoms with Gasteiger partial charge in [0.2, 0.25) is 5.91 Å². The van der Waals surface area contributed by atoms with E-state index in [1.165, 1.54) is 5.01 Å². The van der Waals surface area contributed by atoms with Gasteiger partial charge in [-0.1, -0.05) is 42.3 Å². The molecular weight excluding hydrogens is 409 g/mol. The summed E-state index contributed by atoms with van der Waals surface area (Å²) in [5.74, 6) is 0.649. The summed E-state index contributed by atoms with van der Waals surface area (Å²) in [6.45, 7) is 1.82. The average molecular weight is 428 g/mol. The van der Waals surface area contributed by atoms with E-state index in [1.54, 1.807) is 7.11 Å². The van der Waals surface area contributed by atoms with Crippen molar-refractivity contribution in [1.29, 1.82) is 0 Å². The molecule has 0 saturated carbocycles. The van der Waals surface area contributed by atoms with Crippen molar-refractivity contribution in [3.8, 4) is 5.75 Å². The fraction of sp³-hybridized carbons (Fsp3) is 0.227. The maximum atomic E-state index is 12.6. The van der Waals surface area contributed by atoms with Crippen LogP contribution < -0.4 is 4.74 Å². The molecular formula is C22H19Cl2N3O2. The zero-order valence-electron chi connectivity index (χ0n) is 16.0. The van der Waals surface area contributed by atoms with E-state index in [9.17, 15) is 4.79 Å². The van der Waals surface area contributed by atoms with E-state index in [2.05, 4.69) is 10.1 Å². The predicted octanol–water partition coefficient (Wildman–Crippen LogP) is 5.64. The predicted molar refractivity (Wildman–Crippen MR) is 116 cm³/mol. The summed E-state index contributed by atoms with van der Waals surface area (Å²) in [4.78, 5) is 17.1. The van der Waals surface area contributed by atoms with Crippen LogP contribution in [0.2, 0.25) is 10.2 Å². The normalized spacial score (nSPS) is 16.2. The number of hydrogen-bond donors (Lipinski definition) is 0. The lowest BCUT2D eigenvalue weighted by atomic mass is 9.98. The number of nitrogens with zero attached hydrogens (tertiary/aromatic N) is 3. The van der Waals surface area contributed by atoms with E-state index in [0.29, 0.717) is 28.8 Å².